The first kappa shape index (κ1) is 18.4. The first-order chi connectivity index (χ1) is 11.2. The number of thiophene rings is 1. The molecule has 0 saturated carbocycles. The van der Waals surface area contributed by atoms with Crippen molar-refractivity contribution in [3.05, 3.63) is 21.9 Å². The zero-order valence-electron chi connectivity index (χ0n) is 14.3. The highest BCUT2D eigenvalue weighted by Crippen LogP contribution is 2.24. The van der Waals surface area contributed by atoms with E-state index in [4.69, 9.17) is 5.11 Å². The Bertz CT molecular complexity index is 633. The van der Waals surface area contributed by atoms with Gasteiger partial charge in [0, 0.05) is 23.4 Å². The van der Waals surface area contributed by atoms with Gasteiger partial charge in [-0.3, -0.25) is 9.59 Å². The normalized spacial score (nSPS) is 18.3. The van der Waals surface area contributed by atoms with Crippen LogP contribution in [0.3, 0.4) is 0 Å². The first-order valence-corrected chi connectivity index (χ1v) is 8.89. The van der Waals surface area contributed by atoms with Crippen molar-refractivity contribution in [1.82, 2.24) is 10.2 Å². The number of likely N-dealkylation sites (tertiary alicyclic amines) is 1. The van der Waals surface area contributed by atoms with Gasteiger partial charge in [0.25, 0.3) is 0 Å². The van der Waals surface area contributed by atoms with Crippen LogP contribution in [0.1, 0.15) is 48.2 Å². The molecular formula is C17H24N2O4S. The van der Waals surface area contributed by atoms with Gasteiger partial charge in [-0.05, 0) is 25.0 Å². The van der Waals surface area contributed by atoms with E-state index in [9.17, 15) is 14.4 Å². The lowest BCUT2D eigenvalue weighted by Gasteiger charge is -2.35. The van der Waals surface area contributed by atoms with Gasteiger partial charge < -0.3 is 15.3 Å². The van der Waals surface area contributed by atoms with Crippen LogP contribution >= 0.6 is 11.3 Å². The minimum Gasteiger partial charge on any atom is -0.477 e. The average Bonchev–Trinajstić information content (AvgIpc) is 3.00. The summed E-state index contributed by atoms with van der Waals surface area (Å²) in [4.78, 5) is 38.5. The van der Waals surface area contributed by atoms with Crippen molar-refractivity contribution >= 4 is 29.1 Å². The molecular weight excluding hydrogens is 328 g/mol. The quantitative estimate of drug-likeness (QED) is 0.871. The molecule has 1 saturated heterocycles. The van der Waals surface area contributed by atoms with Crippen LogP contribution in [0.5, 0.6) is 0 Å². The van der Waals surface area contributed by atoms with Gasteiger partial charge in [0.1, 0.15) is 4.88 Å². The number of carbonyl (C=O) groups is 3. The molecule has 132 valence electrons. The molecule has 0 aromatic carbocycles. The van der Waals surface area contributed by atoms with Gasteiger partial charge in [0.2, 0.25) is 11.8 Å². The Morgan fingerprint density at radius 3 is 2.62 bits per heavy atom. The van der Waals surface area contributed by atoms with Gasteiger partial charge in [0.05, 0.1) is 12.5 Å². The molecule has 1 aromatic heterocycles. The smallest absolute Gasteiger partial charge is 0.345 e. The van der Waals surface area contributed by atoms with Crippen LogP contribution < -0.4 is 5.32 Å². The minimum atomic E-state index is -0.957. The monoisotopic (exact) mass is 352 g/mol. The van der Waals surface area contributed by atoms with Crippen LogP contribution in [0.25, 0.3) is 0 Å². The second-order valence-corrected chi connectivity index (χ2v) is 8.30. The number of carboxylic acids is 1. The maximum atomic E-state index is 12.4. The lowest BCUT2D eigenvalue weighted by atomic mass is 9.91. The van der Waals surface area contributed by atoms with E-state index < -0.39 is 11.4 Å². The number of rotatable bonds is 4. The topological polar surface area (TPSA) is 86.7 Å². The van der Waals surface area contributed by atoms with Gasteiger partial charge in [-0.25, -0.2) is 4.79 Å². The second-order valence-electron chi connectivity index (χ2n) is 7.13. The Kier molecular flexibility index (Phi) is 5.64. The number of carbonyl (C=O) groups excluding carboxylic acids is 2. The van der Waals surface area contributed by atoms with E-state index in [0.29, 0.717) is 19.6 Å². The molecule has 0 radical (unpaired) electrons. The summed E-state index contributed by atoms with van der Waals surface area (Å²) in [6.45, 7) is 7.13. The van der Waals surface area contributed by atoms with E-state index in [1.54, 1.807) is 17.0 Å². The Morgan fingerprint density at radius 1 is 1.33 bits per heavy atom. The zero-order chi connectivity index (χ0) is 17.9. The molecule has 2 heterocycles. The van der Waals surface area contributed by atoms with E-state index in [1.165, 1.54) is 0 Å². The van der Waals surface area contributed by atoms with Gasteiger partial charge in [-0.1, -0.05) is 20.8 Å². The zero-order valence-corrected chi connectivity index (χ0v) is 15.1. The number of piperidine rings is 1. The number of hydrogen-bond acceptors (Lipinski definition) is 4. The minimum absolute atomic E-state index is 0.0735. The summed E-state index contributed by atoms with van der Waals surface area (Å²) in [5.74, 6) is -1.17. The van der Waals surface area contributed by atoms with Crippen LogP contribution in [0.2, 0.25) is 0 Å². The summed E-state index contributed by atoms with van der Waals surface area (Å²) in [7, 11) is 0. The molecule has 1 aliphatic heterocycles. The van der Waals surface area contributed by atoms with Crippen molar-refractivity contribution in [2.24, 2.45) is 11.3 Å². The van der Waals surface area contributed by atoms with E-state index >= 15 is 0 Å². The summed E-state index contributed by atoms with van der Waals surface area (Å²) >= 11 is 1.16. The summed E-state index contributed by atoms with van der Waals surface area (Å²) in [6, 6.07) is 3.25. The molecule has 2 N–H and O–H groups in total. The third kappa shape index (κ3) is 4.56. The van der Waals surface area contributed by atoms with Gasteiger partial charge in [-0.2, -0.15) is 0 Å². The summed E-state index contributed by atoms with van der Waals surface area (Å²) in [6.07, 6.45) is 1.59. The maximum absolute atomic E-state index is 12.4. The highest BCUT2D eigenvalue weighted by molar-refractivity contribution is 7.13. The number of aromatic carboxylic acids is 1. The predicted molar refractivity (Wildman–Crippen MR) is 91.9 cm³/mol. The third-order valence-corrected chi connectivity index (χ3v) is 5.10. The highest BCUT2D eigenvalue weighted by atomic mass is 32.1. The number of amides is 2. The molecule has 1 atom stereocenters. The highest BCUT2D eigenvalue weighted by Gasteiger charge is 2.33. The van der Waals surface area contributed by atoms with Crippen molar-refractivity contribution in [3.8, 4) is 0 Å². The molecule has 2 rings (SSSR count). The standard InChI is InChI=1S/C17H24N2O4S/c1-17(2,3)16(23)19-8-4-5-11(10-19)14(20)18-9-12-6-7-13(24-12)15(21)22/h6-7,11H,4-5,8-10H2,1-3H3,(H,18,20)(H,21,22)/t11-/m1/s1. The number of nitrogens with one attached hydrogen (secondary N) is 1. The van der Waals surface area contributed by atoms with Gasteiger partial charge >= 0.3 is 5.97 Å². The summed E-state index contributed by atoms with van der Waals surface area (Å²) in [5.41, 5.74) is -0.442. The first-order valence-electron chi connectivity index (χ1n) is 8.07. The molecule has 6 nitrogen and oxygen atoms in total. The summed E-state index contributed by atoms with van der Waals surface area (Å²) in [5, 5.41) is 11.8. The van der Waals surface area contributed by atoms with E-state index in [-0.39, 0.29) is 22.6 Å². The Balaban J connectivity index is 1.89. The van der Waals surface area contributed by atoms with Crippen LogP contribution in [-0.4, -0.2) is 40.9 Å². The number of carboxylic acid groups (broad SMARTS) is 1. The van der Waals surface area contributed by atoms with Crippen molar-refractivity contribution in [1.29, 1.82) is 0 Å². The maximum Gasteiger partial charge on any atom is 0.345 e. The van der Waals surface area contributed by atoms with Crippen molar-refractivity contribution in [2.45, 2.75) is 40.2 Å². The molecule has 1 aromatic rings. The number of hydrogen-bond donors (Lipinski definition) is 2. The lowest BCUT2D eigenvalue weighted by Crippen LogP contribution is -2.48. The summed E-state index contributed by atoms with van der Waals surface area (Å²) < 4.78 is 0. The largest absolute Gasteiger partial charge is 0.477 e. The fourth-order valence-corrected chi connectivity index (χ4v) is 3.54. The van der Waals surface area contributed by atoms with Crippen molar-refractivity contribution in [2.75, 3.05) is 13.1 Å². The molecule has 0 unspecified atom stereocenters. The Morgan fingerprint density at radius 2 is 2.04 bits per heavy atom. The average molecular weight is 352 g/mol. The molecule has 1 fully saturated rings. The van der Waals surface area contributed by atoms with E-state index in [2.05, 4.69) is 5.32 Å². The molecule has 1 aliphatic rings. The Labute approximate surface area is 145 Å². The van der Waals surface area contributed by atoms with Crippen LogP contribution in [0.4, 0.5) is 0 Å². The predicted octanol–water partition coefficient (Wildman–Crippen LogP) is 2.35. The molecule has 2 amide bonds. The SMILES string of the molecule is CC(C)(C)C(=O)N1CCC[C@@H](C(=O)NCc2ccc(C(=O)O)s2)C1. The fraction of sp³-hybridized carbons (Fsp3) is 0.588. The van der Waals surface area contributed by atoms with Crippen molar-refractivity contribution < 1.29 is 19.5 Å². The molecule has 7 heteroatoms. The molecule has 0 aliphatic carbocycles. The van der Waals surface area contributed by atoms with Crippen LogP contribution in [0, 0.1) is 11.3 Å². The molecule has 0 bridgehead atoms. The van der Waals surface area contributed by atoms with Crippen molar-refractivity contribution in [3.63, 3.8) is 0 Å². The van der Waals surface area contributed by atoms with Gasteiger partial charge in [-0.15, -0.1) is 11.3 Å². The lowest BCUT2D eigenvalue weighted by molar-refractivity contribution is -0.142. The van der Waals surface area contributed by atoms with Gasteiger partial charge in [0.15, 0.2) is 0 Å². The molecule has 0 spiro atoms. The third-order valence-electron chi connectivity index (χ3n) is 4.03. The van der Waals surface area contributed by atoms with E-state index in [0.717, 1.165) is 29.1 Å². The number of nitrogens with zero attached hydrogens (tertiary/aromatic N) is 1. The van der Waals surface area contributed by atoms with Crippen LogP contribution in [0.15, 0.2) is 12.1 Å². The second kappa shape index (κ2) is 7.34. The molecule has 24 heavy (non-hydrogen) atoms. The van der Waals surface area contributed by atoms with Crippen LogP contribution in [-0.2, 0) is 16.1 Å². The van der Waals surface area contributed by atoms with E-state index in [1.807, 2.05) is 20.8 Å². The fourth-order valence-electron chi connectivity index (χ4n) is 2.76. The Hall–Kier alpha value is -1.89.